The third-order valence-corrected chi connectivity index (χ3v) is 3.03. The van der Waals surface area contributed by atoms with Gasteiger partial charge in [0, 0.05) is 5.69 Å². The molecule has 0 spiro atoms. The molecule has 1 N–H and O–H groups in total. The smallest absolute Gasteiger partial charge is 0.342 e. The van der Waals surface area contributed by atoms with Gasteiger partial charge in [0.05, 0.1) is 6.26 Å². The van der Waals surface area contributed by atoms with Crippen molar-refractivity contribution in [3.8, 4) is 0 Å². The van der Waals surface area contributed by atoms with Gasteiger partial charge in [0.15, 0.2) is 6.61 Å². The van der Waals surface area contributed by atoms with E-state index in [9.17, 15) is 9.59 Å². The van der Waals surface area contributed by atoms with Crippen LogP contribution in [-0.2, 0) is 16.0 Å². The van der Waals surface area contributed by atoms with Crippen molar-refractivity contribution in [1.29, 1.82) is 0 Å². The Kier molecular flexibility index (Phi) is 4.77. The Labute approximate surface area is 122 Å². The molecule has 5 heteroatoms. The van der Waals surface area contributed by atoms with Gasteiger partial charge in [-0.05, 0) is 37.1 Å². The zero-order chi connectivity index (χ0) is 15.2. The van der Waals surface area contributed by atoms with Gasteiger partial charge in [0.1, 0.15) is 11.3 Å². The summed E-state index contributed by atoms with van der Waals surface area (Å²) in [6.07, 6.45) is 2.29. The van der Waals surface area contributed by atoms with E-state index in [2.05, 4.69) is 5.32 Å². The van der Waals surface area contributed by atoms with Gasteiger partial charge in [-0.3, -0.25) is 4.79 Å². The number of hydrogen-bond donors (Lipinski definition) is 1. The summed E-state index contributed by atoms with van der Waals surface area (Å²) in [4.78, 5) is 23.5. The highest BCUT2D eigenvalue weighted by Crippen LogP contribution is 2.12. The molecule has 0 unspecified atom stereocenters. The predicted molar refractivity (Wildman–Crippen MR) is 78.2 cm³/mol. The normalized spacial score (nSPS) is 10.2. The summed E-state index contributed by atoms with van der Waals surface area (Å²) >= 11 is 0. The predicted octanol–water partition coefficient (Wildman–Crippen LogP) is 2.95. The third-order valence-electron chi connectivity index (χ3n) is 3.03. The highest BCUT2D eigenvalue weighted by Gasteiger charge is 2.14. The average Bonchev–Trinajstić information content (AvgIpc) is 2.91. The fourth-order valence-electron chi connectivity index (χ4n) is 1.87. The molecule has 1 amide bonds. The molecule has 0 atom stereocenters. The molecular formula is C16H17NO4. The van der Waals surface area contributed by atoms with Gasteiger partial charge < -0.3 is 14.5 Å². The Hall–Kier alpha value is -2.56. The average molecular weight is 287 g/mol. The van der Waals surface area contributed by atoms with E-state index in [0.29, 0.717) is 17.0 Å². The number of amides is 1. The fraction of sp³-hybridized carbons (Fsp3) is 0.250. The van der Waals surface area contributed by atoms with Crippen LogP contribution in [0.5, 0.6) is 0 Å². The SMILES string of the molecule is CCc1cccc(NC(=O)COC(=O)c2ccoc2C)c1. The Morgan fingerprint density at radius 3 is 2.76 bits per heavy atom. The summed E-state index contributed by atoms with van der Waals surface area (Å²) < 4.78 is 9.96. The van der Waals surface area contributed by atoms with Crippen LogP contribution >= 0.6 is 0 Å². The number of nitrogens with one attached hydrogen (secondary N) is 1. The number of carbonyl (C=O) groups excluding carboxylic acids is 2. The van der Waals surface area contributed by atoms with Gasteiger partial charge in [-0.1, -0.05) is 19.1 Å². The van der Waals surface area contributed by atoms with Crippen LogP contribution < -0.4 is 5.32 Å². The lowest BCUT2D eigenvalue weighted by Crippen LogP contribution is -2.21. The summed E-state index contributed by atoms with van der Waals surface area (Å²) in [6.45, 7) is 3.36. The molecule has 5 nitrogen and oxygen atoms in total. The topological polar surface area (TPSA) is 68.5 Å². The molecule has 0 aliphatic carbocycles. The number of rotatable bonds is 5. The second-order valence-electron chi connectivity index (χ2n) is 4.57. The highest BCUT2D eigenvalue weighted by atomic mass is 16.5. The van der Waals surface area contributed by atoms with Gasteiger partial charge in [0.2, 0.25) is 0 Å². The first-order valence-corrected chi connectivity index (χ1v) is 6.70. The number of carbonyl (C=O) groups is 2. The first kappa shape index (κ1) is 14.8. The molecule has 0 bridgehead atoms. The van der Waals surface area contributed by atoms with E-state index in [-0.39, 0.29) is 12.5 Å². The minimum atomic E-state index is -0.571. The minimum Gasteiger partial charge on any atom is -0.469 e. The molecule has 0 saturated carbocycles. The first-order valence-electron chi connectivity index (χ1n) is 6.70. The molecule has 0 fully saturated rings. The van der Waals surface area contributed by atoms with Crippen molar-refractivity contribution in [2.45, 2.75) is 20.3 Å². The molecule has 1 heterocycles. The van der Waals surface area contributed by atoms with Crippen LogP contribution in [0.1, 0.15) is 28.6 Å². The summed E-state index contributed by atoms with van der Waals surface area (Å²) in [6, 6.07) is 9.05. The van der Waals surface area contributed by atoms with Crippen molar-refractivity contribution in [3.63, 3.8) is 0 Å². The Bertz CT molecular complexity index is 645. The van der Waals surface area contributed by atoms with E-state index in [1.165, 1.54) is 12.3 Å². The lowest BCUT2D eigenvalue weighted by molar-refractivity contribution is -0.119. The summed E-state index contributed by atoms with van der Waals surface area (Å²) in [7, 11) is 0. The van der Waals surface area contributed by atoms with Crippen LogP contribution in [0, 0.1) is 6.92 Å². The van der Waals surface area contributed by atoms with Crippen LogP contribution in [0.3, 0.4) is 0 Å². The number of furan rings is 1. The maximum Gasteiger partial charge on any atom is 0.342 e. The van der Waals surface area contributed by atoms with Gasteiger partial charge in [-0.2, -0.15) is 0 Å². The van der Waals surface area contributed by atoms with Crippen molar-refractivity contribution in [2.75, 3.05) is 11.9 Å². The zero-order valence-electron chi connectivity index (χ0n) is 12.0. The quantitative estimate of drug-likeness (QED) is 0.858. The molecule has 0 saturated heterocycles. The van der Waals surface area contributed by atoms with E-state index in [1.807, 2.05) is 25.1 Å². The number of aryl methyl sites for hydroxylation is 2. The lowest BCUT2D eigenvalue weighted by atomic mass is 10.1. The van der Waals surface area contributed by atoms with Crippen LogP contribution in [0.25, 0.3) is 0 Å². The third kappa shape index (κ3) is 3.95. The molecule has 1 aromatic carbocycles. The van der Waals surface area contributed by atoms with E-state index in [1.54, 1.807) is 13.0 Å². The molecule has 0 radical (unpaired) electrons. The van der Waals surface area contributed by atoms with Crippen LogP contribution in [0.4, 0.5) is 5.69 Å². The second kappa shape index (κ2) is 6.74. The molecule has 2 aromatic rings. The molecule has 2 rings (SSSR count). The van der Waals surface area contributed by atoms with E-state index in [4.69, 9.17) is 9.15 Å². The minimum absolute atomic E-state index is 0.329. The van der Waals surface area contributed by atoms with Crippen molar-refractivity contribution >= 4 is 17.6 Å². The lowest BCUT2D eigenvalue weighted by Gasteiger charge is -2.07. The van der Waals surface area contributed by atoms with Gasteiger partial charge in [-0.25, -0.2) is 4.79 Å². The standard InChI is InChI=1S/C16H17NO4/c1-3-12-5-4-6-13(9-12)17-15(18)10-21-16(19)14-7-8-20-11(14)2/h4-9H,3,10H2,1-2H3,(H,17,18). The summed E-state index contributed by atoms with van der Waals surface area (Å²) in [5.74, 6) is -0.479. The number of anilines is 1. The molecule has 21 heavy (non-hydrogen) atoms. The van der Waals surface area contributed by atoms with Crippen molar-refractivity contribution < 1.29 is 18.7 Å². The number of esters is 1. The van der Waals surface area contributed by atoms with Gasteiger partial charge >= 0.3 is 5.97 Å². The monoisotopic (exact) mass is 287 g/mol. The molecule has 0 aliphatic rings. The first-order chi connectivity index (χ1) is 10.1. The Morgan fingerprint density at radius 1 is 1.29 bits per heavy atom. The van der Waals surface area contributed by atoms with Crippen LogP contribution in [0.2, 0.25) is 0 Å². The number of ether oxygens (including phenoxy) is 1. The van der Waals surface area contributed by atoms with E-state index < -0.39 is 5.97 Å². The number of hydrogen-bond acceptors (Lipinski definition) is 4. The summed E-state index contributed by atoms with van der Waals surface area (Å²) in [5, 5.41) is 2.69. The fourth-order valence-corrected chi connectivity index (χ4v) is 1.87. The van der Waals surface area contributed by atoms with Gasteiger partial charge in [0.25, 0.3) is 5.91 Å². The highest BCUT2D eigenvalue weighted by molar-refractivity contribution is 5.95. The number of benzene rings is 1. The zero-order valence-corrected chi connectivity index (χ0v) is 12.0. The largest absolute Gasteiger partial charge is 0.469 e. The van der Waals surface area contributed by atoms with Gasteiger partial charge in [-0.15, -0.1) is 0 Å². The van der Waals surface area contributed by atoms with Crippen LogP contribution in [-0.4, -0.2) is 18.5 Å². The maximum atomic E-state index is 11.8. The maximum absolute atomic E-state index is 11.8. The Balaban J connectivity index is 1.87. The van der Waals surface area contributed by atoms with Crippen molar-refractivity contribution in [1.82, 2.24) is 0 Å². The van der Waals surface area contributed by atoms with E-state index >= 15 is 0 Å². The van der Waals surface area contributed by atoms with Crippen molar-refractivity contribution in [2.24, 2.45) is 0 Å². The Morgan fingerprint density at radius 2 is 2.10 bits per heavy atom. The van der Waals surface area contributed by atoms with Crippen LogP contribution in [0.15, 0.2) is 41.0 Å². The molecule has 110 valence electrons. The molecule has 0 aliphatic heterocycles. The molecule has 1 aromatic heterocycles. The molecular weight excluding hydrogens is 270 g/mol. The van der Waals surface area contributed by atoms with Crippen molar-refractivity contribution in [3.05, 3.63) is 53.5 Å². The summed E-state index contributed by atoms with van der Waals surface area (Å²) in [5.41, 5.74) is 2.14. The second-order valence-corrected chi connectivity index (χ2v) is 4.57. The van der Waals surface area contributed by atoms with E-state index in [0.717, 1.165) is 12.0 Å².